The first-order valence-corrected chi connectivity index (χ1v) is 7.85. The Morgan fingerprint density at radius 1 is 1.00 bits per heavy atom. The second-order valence-electron chi connectivity index (χ2n) is 5.43. The van der Waals surface area contributed by atoms with Crippen molar-refractivity contribution in [2.45, 2.75) is 26.8 Å². The van der Waals surface area contributed by atoms with Gasteiger partial charge in [0.25, 0.3) is 0 Å². The predicted octanol–water partition coefficient (Wildman–Crippen LogP) is 4.69. The number of hydrogen-bond donors (Lipinski definition) is 1. The molecule has 0 spiro atoms. The van der Waals surface area contributed by atoms with Gasteiger partial charge in [-0.05, 0) is 56.6 Å². The SMILES string of the molecule is CNC(c1ccc(C)cc1C)c1cc(Br)c(C)cc1OC. The van der Waals surface area contributed by atoms with Crippen molar-refractivity contribution >= 4 is 15.9 Å². The van der Waals surface area contributed by atoms with Crippen LogP contribution in [0.2, 0.25) is 0 Å². The molecule has 2 aromatic carbocycles. The molecule has 0 aliphatic heterocycles. The van der Waals surface area contributed by atoms with Crippen LogP contribution in [-0.4, -0.2) is 14.2 Å². The van der Waals surface area contributed by atoms with Crippen LogP contribution in [0.5, 0.6) is 5.75 Å². The molecule has 1 unspecified atom stereocenters. The zero-order valence-corrected chi connectivity index (χ0v) is 14.8. The van der Waals surface area contributed by atoms with Gasteiger partial charge < -0.3 is 10.1 Å². The van der Waals surface area contributed by atoms with E-state index in [-0.39, 0.29) is 6.04 Å². The van der Waals surface area contributed by atoms with Gasteiger partial charge in [0.15, 0.2) is 0 Å². The molecule has 0 aliphatic rings. The number of rotatable bonds is 4. The number of methoxy groups -OCH3 is 1. The van der Waals surface area contributed by atoms with E-state index in [2.05, 4.69) is 72.3 Å². The van der Waals surface area contributed by atoms with Crippen LogP contribution in [0.1, 0.15) is 33.9 Å². The monoisotopic (exact) mass is 347 g/mol. The molecule has 0 radical (unpaired) electrons. The largest absolute Gasteiger partial charge is 0.496 e. The smallest absolute Gasteiger partial charge is 0.124 e. The van der Waals surface area contributed by atoms with E-state index in [0.29, 0.717) is 0 Å². The number of ether oxygens (including phenoxy) is 1. The lowest BCUT2D eigenvalue weighted by Crippen LogP contribution is -2.19. The summed E-state index contributed by atoms with van der Waals surface area (Å²) < 4.78 is 6.69. The summed E-state index contributed by atoms with van der Waals surface area (Å²) in [6.07, 6.45) is 0. The van der Waals surface area contributed by atoms with Crippen molar-refractivity contribution in [1.82, 2.24) is 5.32 Å². The molecule has 112 valence electrons. The van der Waals surface area contributed by atoms with Gasteiger partial charge in [-0.15, -0.1) is 0 Å². The van der Waals surface area contributed by atoms with Crippen molar-refractivity contribution in [3.63, 3.8) is 0 Å². The summed E-state index contributed by atoms with van der Waals surface area (Å²) in [6, 6.07) is 10.9. The molecule has 1 N–H and O–H groups in total. The van der Waals surface area contributed by atoms with Gasteiger partial charge in [-0.25, -0.2) is 0 Å². The van der Waals surface area contributed by atoms with E-state index in [0.717, 1.165) is 15.8 Å². The van der Waals surface area contributed by atoms with Crippen molar-refractivity contribution in [1.29, 1.82) is 0 Å². The quantitative estimate of drug-likeness (QED) is 0.865. The molecule has 3 heteroatoms. The zero-order valence-electron chi connectivity index (χ0n) is 13.3. The van der Waals surface area contributed by atoms with Crippen molar-refractivity contribution in [2.24, 2.45) is 0 Å². The second-order valence-corrected chi connectivity index (χ2v) is 6.28. The van der Waals surface area contributed by atoms with Crippen molar-refractivity contribution in [2.75, 3.05) is 14.2 Å². The molecule has 0 amide bonds. The molecular formula is C18H22BrNO. The van der Waals surface area contributed by atoms with E-state index < -0.39 is 0 Å². The maximum absolute atomic E-state index is 5.59. The van der Waals surface area contributed by atoms with E-state index in [4.69, 9.17) is 4.74 Å². The Morgan fingerprint density at radius 3 is 2.29 bits per heavy atom. The van der Waals surface area contributed by atoms with Crippen LogP contribution >= 0.6 is 15.9 Å². The van der Waals surface area contributed by atoms with E-state index in [1.165, 1.54) is 22.3 Å². The highest BCUT2D eigenvalue weighted by molar-refractivity contribution is 9.10. The summed E-state index contributed by atoms with van der Waals surface area (Å²) >= 11 is 3.63. The van der Waals surface area contributed by atoms with Gasteiger partial charge in [0.1, 0.15) is 5.75 Å². The Balaban J connectivity index is 2.58. The topological polar surface area (TPSA) is 21.3 Å². The summed E-state index contributed by atoms with van der Waals surface area (Å²) in [5.41, 5.74) is 6.16. The third kappa shape index (κ3) is 3.30. The minimum absolute atomic E-state index is 0.109. The van der Waals surface area contributed by atoms with Gasteiger partial charge in [0.05, 0.1) is 13.2 Å². The highest BCUT2D eigenvalue weighted by Crippen LogP contribution is 2.35. The molecule has 2 nitrogen and oxygen atoms in total. The minimum atomic E-state index is 0.109. The van der Waals surface area contributed by atoms with Crippen LogP contribution in [-0.2, 0) is 0 Å². The number of halogens is 1. The Hall–Kier alpha value is -1.32. The Morgan fingerprint density at radius 2 is 1.71 bits per heavy atom. The highest BCUT2D eigenvalue weighted by Gasteiger charge is 2.19. The molecular weight excluding hydrogens is 326 g/mol. The first kappa shape index (κ1) is 16.1. The molecule has 2 aromatic rings. The molecule has 0 heterocycles. The first-order chi connectivity index (χ1) is 9.97. The molecule has 0 fully saturated rings. The van der Waals surface area contributed by atoms with E-state index >= 15 is 0 Å². The van der Waals surface area contributed by atoms with E-state index in [1.54, 1.807) is 7.11 Å². The van der Waals surface area contributed by atoms with Crippen LogP contribution in [0.15, 0.2) is 34.8 Å². The molecule has 0 saturated heterocycles. The van der Waals surface area contributed by atoms with E-state index in [1.807, 2.05) is 7.05 Å². The normalized spacial score (nSPS) is 12.3. The second kappa shape index (κ2) is 6.63. The molecule has 2 rings (SSSR count). The molecule has 0 bridgehead atoms. The molecule has 0 saturated carbocycles. The third-order valence-corrected chi connectivity index (χ3v) is 4.70. The number of benzene rings is 2. The molecule has 21 heavy (non-hydrogen) atoms. The third-order valence-electron chi connectivity index (χ3n) is 3.85. The fourth-order valence-electron chi connectivity index (χ4n) is 2.70. The van der Waals surface area contributed by atoms with E-state index in [9.17, 15) is 0 Å². The summed E-state index contributed by atoms with van der Waals surface area (Å²) in [7, 11) is 3.71. The minimum Gasteiger partial charge on any atom is -0.496 e. The van der Waals surface area contributed by atoms with Crippen LogP contribution < -0.4 is 10.1 Å². The molecule has 0 aliphatic carbocycles. The zero-order chi connectivity index (χ0) is 15.6. The average Bonchev–Trinajstić information content (AvgIpc) is 2.45. The number of nitrogens with one attached hydrogen (secondary N) is 1. The van der Waals surface area contributed by atoms with Gasteiger partial charge in [0, 0.05) is 10.0 Å². The maximum Gasteiger partial charge on any atom is 0.124 e. The van der Waals surface area contributed by atoms with Gasteiger partial charge in [-0.3, -0.25) is 0 Å². The highest BCUT2D eigenvalue weighted by atomic mass is 79.9. The average molecular weight is 348 g/mol. The van der Waals surface area contributed by atoms with Crippen molar-refractivity contribution < 1.29 is 4.74 Å². The van der Waals surface area contributed by atoms with Crippen LogP contribution in [0.25, 0.3) is 0 Å². The van der Waals surface area contributed by atoms with Gasteiger partial charge in [-0.2, -0.15) is 0 Å². The fourth-order valence-corrected chi connectivity index (χ4v) is 3.06. The summed E-state index contributed by atoms with van der Waals surface area (Å²) in [5, 5.41) is 3.42. The Labute approximate surface area is 135 Å². The Bertz CT molecular complexity index is 652. The van der Waals surface area contributed by atoms with Gasteiger partial charge in [-0.1, -0.05) is 39.7 Å². The van der Waals surface area contributed by atoms with Gasteiger partial charge >= 0.3 is 0 Å². The lowest BCUT2D eigenvalue weighted by Gasteiger charge is -2.23. The van der Waals surface area contributed by atoms with Crippen molar-refractivity contribution in [3.8, 4) is 5.75 Å². The van der Waals surface area contributed by atoms with Crippen LogP contribution in [0, 0.1) is 20.8 Å². The number of hydrogen-bond acceptors (Lipinski definition) is 2. The van der Waals surface area contributed by atoms with Crippen molar-refractivity contribution in [3.05, 3.63) is 62.6 Å². The van der Waals surface area contributed by atoms with Crippen LogP contribution in [0.4, 0.5) is 0 Å². The lowest BCUT2D eigenvalue weighted by atomic mass is 9.93. The summed E-state index contributed by atoms with van der Waals surface area (Å²) in [4.78, 5) is 0. The standard InChI is InChI=1S/C18H22BrNO/c1-11-6-7-14(12(2)8-11)18(20-4)15-10-16(19)13(3)9-17(15)21-5/h6-10,18,20H,1-5H3. The fraction of sp³-hybridized carbons (Fsp3) is 0.333. The predicted molar refractivity (Wildman–Crippen MR) is 92.2 cm³/mol. The lowest BCUT2D eigenvalue weighted by molar-refractivity contribution is 0.405. The Kier molecular flexibility index (Phi) is 5.07. The molecule has 0 aromatic heterocycles. The van der Waals surface area contributed by atoms with Gasteiger partial charge in [0.2, 0.25) is 0 Å². The number of aryl methyl sites for hydroxylation is 3. The summed E-state index contributed by atoms with van der Waals surface area (Å²) in [6.45, 7) is 6.35. The molecule has 1 atom stereocenters. The first-order valence-electron chi connectivity index (χ1n) is 7.06. The maximum atomic E-state index is 5.59. The summed E-state index contributed by atoms with van der Waals surface area (Å²) in [5.74, 6) is 0.912. The van der Waals surface area contributed by atoms with Crippen LogP contribution in [0.3, 0.4) is 0 Å².